The minimum Gasteiger partial charge on any atom is -0.494 e. The molecule has 0 saturated heterocycles. The topological polar surface area (TPSA) is 90.9 Å². The molecule has 0 bridgehead atoms. The predicted molar refractivity (Wildman–Crippen MR) is 99.1 cm³/mol. The second kappa shape index (κ2) is 9.96. The first-order chi connectivity index (χ1) is 13.0. The van der Waals surface area contributed by atoms with Gasteiger partial charge in [0.05, 0.1) is 6.61 Å². The summed E-state index contributed by atoms with van der Waals surface area (Å²) >= 11 is 0. The molecular formula is C20H21NO6. The second-order valence-electron chi connectivity index (χ2n) is 5.55. The van der Waals surface area contributed by atoms with Crippen LogP contribution in [0.2, 0.25) is 0 Å². The Kier molecular flexibility index (Phi) is 7.37. The molecule has 1 N–H and O–H groups in total. The van der Waals surface area contributed by atoms with Crippen LogP contribution < -0.4 is 14.8 Å². The monoisotopic (exact) mass is 371 g/mol. The van der Waals surface area contributed by atoms with E-state index in [-0.39, 0.29) is 6.61 Å². The highest BCUT2D eigenvalue weighted by Gasteiger charge is 2.18. The molecule has 2 rings (SSSR count). The van der Waals surface area contributed by atoms with Crippen LogP contribution in [-0.2, 0) is 14.3 Å². The minimum absolute atomic E-state index is 0.346. The third kappa shape index (κ3) is 6.47. The Balaban J connectivity index is 1.78. The average Bonchev–Trinajstić information content (AvgIpc) is 2.68. The third-order valence-corrected chi connectivity index (χ3v) is 3.48. The summed E-state index contributed by atoms with van der Waals surface area (Å²) in [6, 6.07) is 13.1. The van der Waals surface area contributed by atoms with Crippen LogP contribution in [-0.4, -0.2) is 37.5 Å². The van der Waals surface area contributed by atoms with Crippen LogP contribution in [0, 0.1) is 0 Å². The Bertz CT molecular complexity index is 770. The van der Waals surface area contributed by atoms with Crippen molar-refractivity contribution < 1.29 is 28.6 Å². The van der Waals surface area contributed by atoms with Crippen molar-refractivity contribution in [3.8, 4) is 11.5 Å². The van der Waals surface area contributed by atoms with Crippen LogP contribution in [0.15, 0.2) is 48.5 Å². The molecule has 142 valence electrons. The Morgan fingerprint density at radius 1 is 1.00 bits per heavy atom. The average molecular weight is 371 g/mol. The molecule has 1 atom stereocenters. The van der Waals surface area contributed by atoms with E-state index in [1.54, 1.807) is 48.5 Å². The van der Waals surface area contributed by atoms with Gasteiger partial charge >= 0.3 is 5.97 Å². The van der Waals surface area contributed by atoms with Crippen LogP contribution in [0.5, 0.6) is 11.5 Å². The van der Waals surface area contributed by atoms with Crippen molar-refractivity contribution in [2.45, 2.75) is 20.0 Å². The van der Waals surface area contributed by atoms with Gasteiger partial charge in [0.25, 0.3) is 5.91 Å². The Hall–Kier alpha value is -3.35. The number of hydrogen-bond donors (Lipinski definition) is 1. The van der Waals surface area contributed by atoms with Crippen LogP contribution in [0.3, 0.4) is 0 Å². The number of rotatable bonds is 9. The lowest BCUT2D eigenvalue weighted by Crippen LogP contribution is -2.31. The summed E-state index contributed by atoms with van der Waals surface area (Å²) in [6.07, 6.45) is -0.270. The van der Waals surface area contributed by atoms with Gasteiger partial charge in [0.2, 0.25) is 0 Å². The SMILES string of the molecule is CCOc1ccc(NC(=O)[C@@H](C)OC(=O)COc2ccc(C=O)cc2)cc1. The van der Waals surface area contributed by atoms with Gasteiger partial charge in [-0.2, -0.15) is 0 Å². The van der Waals surface area contributed by atoms with Gasteiger partial charge in [-0.3, -0.25) is 9.59 Å². The van der Waals surface area contributed by atoms with Crippen molar-refractivity contribution in [1.82, 2.24) is 0 Å². The smallest absolute Gasteiger partial charge is 0.344 e. The molecule has 2 aromatic carbocycles. The van der Waals surface area contributed by atoms with Gasteiger partial charge < -0.3 is 19.5 Å². The fourth-order valence-corrected chi connectivity index (χ4v) is 2.11. The van der Waals surface area contributed by atoms with E-state index in [4.69, 9.17) is 14.2 Å². The summed E-state index contributed by atoms with van der Waals surface area (Å²) in [6.45, 7) is 3.57. The zero-order chi connectivity index (χ0) is 19.6. The molecule has 0 aromatic heterocycles. The summed E-state index contributed by atoms with van der Waals surface area (Å²) in [5, 5.41) is 2.66. The number of carbonyl (C=O) groups excluding carboxylic acids is 3. The number of ether oxygens (including phenoxy) is 3. The lowest BCUT2D eigenvalue weighted by atomic mass is 10.2. The number of aldehydes is 1. The number of amides is 1. The molecule has 0 aliphatic carbocycles. The van der Waals surface area contributed by atoms with Gasteiger partial charge in [-0.1, -0.05) is 0 Å². The molecule has 0 aliphatic rings. The summed E-state index contributed by atoms with van der Waals surface area (Å²) in [5.41, 5.74) is 1.07. The number of hydrogen-bond acceptors (Lipinski definition) is 6. The van der Waals surface area contributed by atoms with Crippen LogP contribution in [0.4, 0.5) is 5.69 Å². The van der Waals surface area contributed by atoms with Gasteiger partial charge in [-0.15, -0.1) is 0 Å². The Labute approximate surface area is 157 Å². The van der Waals surface area contributed by atoms with E-state index in [1.165, 1.54) is 6.92 Å². The highest BCUT2D eigenvalue weighted by atomic mass is 16.6. The Morgan fingerprint density at radius 2 is 1.59 bits per heavy atom. The fourth-order valence-electron chi connectivity index (χ4n) is 2.11. The predicted octanol–water partition coefficient (Wildman–Crippen LogP) is 2.85. The van der Waals surface area contributed by atoms with E-state index >= 15 is 0 Å². The molecule has 7 nitrogen and oxygen atoms in total. The second-order valence-corrected chi connectivity index (χ2v) is 5.55. The first kappa shape index (κ1) is 20.0. The maximum Gasteiger partial charge on any atom is 0.344 e. The summed E-state index contributed by atoms with van der Waals surface area (Å²) in [4.78, 5) is 34.5. The fraction of sp³-hybridized carbons (Fsp3) is 0.250. The van der Waals surface area contributed by atoms with E-state index in [1.807, 2.05) is 6.92 Å². The summed E-state index contributed by atoms with van der Waals surface area (Å²) in [5.74, 6) is -0.0102. The largest absolute Gasteiger partial charge is 0.494 e. The number of carbonyl (C=O) groups is 3. The van der Waals surface area contributed by atoms with E-state index in [2.05, 4.69) is 5.32 Å². The molecule has 0 radical (unpaired) electrons. The molecule has 1 amide bonds. The normalized spacial score (nSPS) is 11.2. The van der Waals surface area contributed by atoms with Crippen molar-refractivity contribution in [1.29, 1.82) is 0 Å². The third-order valence-electron chi connectivity index (χ3n) is 3.48. The zero-order valence-corrected chi connectivity index (χ0v) is 15.1. The number of benzene rings is 2. The highest BCUT2D eigenvalue weighted by Crippen LogP contribution is 2.16. The number of anilines is 1. The molecule has 2 aromatic rings. The minimum atomic E-state index is -0.981. The standard InChI is InChI=1S/C20H21NO6/c1-3-25-17-10-6-16(7-11-17)21-20(24)14(2)27-19(23)13-26-18-8-4-15(12-22)5-9-18/h4-12,14H,3,13H2,1-2H3,(H,21,24)/t14-/m1/s1. The quantitative estimate of drug-likeness (QED) is 0.538. The zero-order valence-electron chi connectivity index (χ0n) is 15.1. The van der Waals surface area contributed by atoms with Gasteiger partial charge in [0.1, 0.15) is 17.8 Å². The van der Waals surface area contributed by atoms with Gasteiger partial charge in [-0.05, 0) is 62.4 Å². The van der Waals surface area contributed by atoms with Crippen molar-refractivity contribution in [2.75, 3.05) is 18.5 Å². The molecule has 7 heteroatoms. The van der Waals surface area contributed by atoms with E-state index in [0.29, 0.717) is 35.6 Å². The molecule has 27 heavy (non-hydrogen) atoms. The summed E-state index contributed by atoms with van der Waals surface area (Å²) < 4.78 is 15.7. The van der Waals surface area contributed by atoms with E-state index in [9.17, 15) is 14.4 Å². The van der Waals surface area contributed by atoms with E-state index in [0.717, 1.165) is 0 Å². The maximum absolute atomic E-state index is 12.1. The first-order valence-electron chi connectivity index (χ1n) is 8.43. The van der Waals surface area contributed by atoms with Gasteiger partial charge in [0.15, 0.2) is 12.7 Å². The van der Waals surface area contributed by atoms with Crippen molar-refractivity contribution in [3.05, 3.63) is 54.1 Å². The molecule has 0 aliphatic heterocycles. The van der Waals surface area contributed by atoms with Gasteiger partial charge in [-0.25, -0.2) is 4.79 Å². The molecular weight excluding hydrogens is 350 g/mol. The van der Waals surface area contributed by atoms with Crippen molar-refractivity contribution in [2.24, 2.45) is 0 Å². The van der Waals surface area contributed by atoms with Gasteiger partial charge in [0, 0.05) is 11.3 Å². The van der Waals surface area contributed by atoms with Crippen molar-refractivity contribution >= 4 is 23.9 Å². The maximum atomic E-state index is 12.1. The Morgan fingerprint density at radius 3 is 2.19 bits per heavy atom. The molecule has 0 heterocycles. The van der Waals surface area contributed by atoms with E-state index < -0.39 is 18.0 Å². The van der Waals surface area contributed by atoms with Crippen LogP contribution >= 0.6 is 0 Å². The lowest BCUT2D eigenvalue weighted by molar-refractivity contribution is -0.155. The molecule has 0 spiro atoms. The summed E-state index contributed by atoms with van der Waals surface area (Å²) in [7, 11) is 0. The highest BCUT2D eigenvalue weighted by molar-refractivity contribution is 5.95. The van der Waals surface area contributed by atoms with Crippen molar-refractivity contribution in [3.63, 3.8) is 0 Å². The van der Waals surface area contributed by atoms with Crippen LogP contribution in [0.1, 0.15) is 24.2 Å². The lowest BCUT2D eigenvalue weighted by Gasteiger charge is -2.14. The number of esters is 1. The number of nitrogens with one attached hydrogen (secondary N) is 1. The van der Waals surface area contributed by atoms with Crippen LogP contribution in [0.25, 0.3) is 0 Å². The molecule has 0 unspecified atom stereocenters. The molecule has 0 saturated carbocycles. The molecule has 0 fully saturated rings. The first-order valence-corrected chi connectivity index (χ1v) is 8.43.